The van der Waals surface area contributed by atoms with E-state index in [-0.39, 0.29) is 0 Å². The third kappa shape index (κ3) is 2.61. The van der Waals surface area contributed by atoms with E-state index in [0.29, 0.717) is 0 Å². The molecular formula is C10H20N2S. The van der Waals surface area contributed by atoms with Crippen LogP contribution < -0.4 is 5.32 Å². The van der Waals surface area contributed by atoms with Gasteiger partial charge in [-0.15, -0.1) is 11.8 Å². The molecule has 0 spiro atoms. The third-order valence-corrected chi connectivity index (χ3v) is 4.20. The largest absolute Gasteiger partial charge is 0.303 e. The van der Waals surface area contributed by atoms with Crippen LogP contribution in [-0.4, -0.2) is 41.7 Å². The molecule has 2 aliphatic heterocycles. The molecule has 2 aliphatic rings. The third-order valence-electron chi connectivity index (χ3n) is 3.19. The van der Waals surface area contributed by atoms with Gasteiger partial charge in [-0.2, -0.15) is 0 Å². The van der Waals surface area contributed by atoms with Crippen LogP contribution in [0.15, 0.2) is 0 Å². The van der Waals surface area contributed by atoms with Crippen molar-refractivity contribution in [2.45, 2.75) is 38.3 Å². The zero-order valence-electron chi connectivity index (χ0n) is 8.46. The van der Waals surface area contributed by atoms with Crippen LogP contribution in [-0.2, 0) is 0 Å². The molecule has 0 aromatic carbocycles. The van der Waals surface area contributed by atoms with Gasteiger partial charge < -0.3 is 5.32 Å². The van der Waals surface area contributed by atoms with Crippen LogP contribution in [0, 0.1) is 0 Å². The van der Waals surface area contributed by atoms with E-state index in [9.17, 15) is 0 Å². The topological polar surface area (TPSA) is 15.3 Å². The fourth-order valence-electron chi connectivity index (χ4n) is 2.27. The number of thioether (sulfide) groups is 1. The highest BCUT2D eigenvalue weighted by atomic mass is 32.2. The summed E-state index contributed by atoms with van der Waals surface area (Å²) < 4.78 is 0. The predicted molar refractivity (Wildman–Crippen MR) is 59.1 cm³/mol. The minimum atomic E-state index is 0.755. The molecule has 2 atom stereocenters. The Kier molecular flexibility index (Phi) is 3.52. The van der Waals surface area contributed by atoms with Crippen molar-refractivity contribution in [3.05, 3.63) is 0 Å². The van der Waals surface area contributed by atoms with E-state index in [4.69, 9.17) is 0 Å². The van der Waals surface area contributed by atoms with Crippen molar-refractivity contribution in [1.29, 1.82) is 0 Å². The van der Waals surface area contributed by atoms with Crippen molar-refractivity contribution in [3.8, 4) is 0 Å². The first-order valence-corrected chi connectivity index (χ1v) is 6.57. The Morgan fingerprint density at radius 1 is 1.46 bits per heavy atom. The van der Waals surface area contributed by atoms with Crippen LogP contribution in [0.25, 0.3) is 0 Å². The van der Waals surface area contributed by atoms with Gasteiger partial charge in [-0.05, 0) is 26.3 Å². The second-order valence-corrected chi connectivity index (χ2v) is 5.29. The zero-order chi connectivity index (χ0) is 9.10. The smallest absolute Gasteiger partial charge is 0.0421 e. The summed E-state index contributed by atoms with van der Waals surface area (Å²) >= 11 is 2.03. The maximum atomic E-state index is 3.55. The van der Waals surface area contributed by atoms with Gasteiger partial charge in [0.05, 0.1) is 0 Å². The molecule has 0 aromatic rings. The van der Waals surface area contributed by atoms with Gasteiger partial charge in [0.2, 0.25) is 0 Å². The lowest BCUT2D eigenvalue weighted by Crippen LogP contribution is -2.45. The minimum Gasteiger partial charge on any atom is -0.303 e. The normalized spacial score (nSPS) is 36.7. The van der Waals surface area contributed by atoms with Crippen molar-refractivity contribution in [2.75, 3.05) is 24.7 Å². The number of nitrogens with one attached hydrogen (secondary N) is 1. The van der Waals surface area contributed by atoms with Gasteiger partial charge in [0.15, 0.2) is 0 Å². The molecule has 2 unspecified atom stereocenters. The van der Waals surface area contributed by atoms with Crippen LogP contribution in [0.3, 0.4) is 0 Å². The van der Waals surface area contributed by atoms with E-state index in [1.165, 1.54) is 38.1 Å². The number of hydrogen-bond donors (Lipinski definition) is 1. The Balaban J connectivity index is 1.78. The molecule has 2 heterocycles. The highest BCUT2D eigenvalue weighted by Gasteiger charge is 2.23. The van der Waals surface area contributed by atoms with Crippen molar-refractivity contribution < 1.29 is 0 Å². The molecule has 0 amide bonds. The second-order valence-electron chi connectivity index (χ2n) is 4.26. The average molecular weight is 200 g/mol. The van der Waals surface area contributed by atoms with Crippen LogP contribution in [0.1, 0.15) is 26.2 Å². The number of hydrogen-bond acceptors (Lipinski definition) is 3. The van der Waals surface area contributed by atoms with Crippen molar-refractivity contribution in [1.82, 2.24) is 10.2 Å². The van der Waals surface area contributed by atoms with E-state index in [1.807, 2.05) is 11.8 Å². The Labute approximate surface area is 85.4 Å². The van der Waals surface area contributed by atoms with Crippen molar-refractivity contribution in [2.24, 2.45) is 0 Å². The first-order chi connectivity index (χ1) is 6.36. The summed E-state index contributed by atoms with van der Waals surface area (Å²) in [7, 11) is 0. The summed E-state index contributed by atoms with van der Waals surface area (Å²) in [6.07, 6.45) is 4.24. The quantitative estimate of drug-likeness (QED) is 0.727. The molecule has 0 bridgehead atoms. The maximum absolute atomic E-state index is 3.55. The molecule has 2 rings (SSSR count). The number of likely N-dealkylation sites (tertiary alicyclic amines) is 1. The van der Waals surface area contributed by atoms with E-state index in [2.05, 4.69) is 17.1 Å². The monoisotopic (exact) mass is 200 g/mol. The van der Waals surface area contributed by atoms with Gasteiger partial charge in [0.25, 0.3) is 0 Å². The SMILES string of the molecule is CC1CCCCN1CC1CSCN1. The number of rotatable bonds is 2. The molecule has 0 aliphatic carbocycles. The van der Waals surface area contributed by atoms with Crippen LogP contribution in [0.2, 0.25) is 0 Å². The molecule has 3 heteroatoms. The van der Waals surface area contributed by atoms with E-state index in [1.54, 1.807) is 0 Å². The van der Waals surface area contributed by atoms with Gasteiger partial charge in [0.1, 0.15) is 0 Å². The Morgan fingerprint density at radius 2 is 2.38 bits per heavy atom. The summed E-state index contributed by atoms with van der Waals surface area (Å²) in [6.45, 7) is 4.97. The van der Waals surface area contributed by atoms with Gasteiger partial charge in [-0.3, -0.25) is 4.90 Å². The fraction of sp³-hybridized carbons (Fsp3) is 1.00. The highest BCUT2D eigenvalue weighted by molar-refractivity contribution is 7.99. The van der Waals surface area contributed by atoms with Crippen molar-refractivity contribution in [3.63, 3.8) is 0 Å². The Hall–Kier alpha value is 0.270. The van der Waals surface area contributed by atoms with E-state index >= 15 is 0 Å². The van der Waals surface area contributed by atoms with Gasteiger partial charge in [-0.1, -0.05) is 6.42 Å². The lowest BCUT2D eigenvalue weighted by atomic mass is 10.0. The van der Waals surface area contributed by atoms with Crippen LogP contribution in [0.5, 0.6) is 0 Å². The molecule has 2 fully saturated rings. The first kappa shape index (κ1) is 9.81. The molecule has 2 saturated heterocycles. The van der Waals surface area contributed by atoms with Crippen molar-refractivity contribution >= 4 is 11.8 Å². The first-order valence-electron chi connectivity index (χ1n) is 5.41. The summed E-state index contributed by atoms with van der Waals surface area (Å²) in [4.78, 5) is 2.66. The molecule has 13 heavy (non-hydrogen) atoms. The molecule has 0 aromatic heterocycles. The second kappa shape index (κ2) is 4.67. The van der Waals surface area contributed by atoms with Gasteiger partial charge in [-0.25, -0.2) is 0 Å². The molecular weight excluding hydrogens is 180 g/mol. The van der Waals surface area contributed by atoms with Gasteiger partial charge >= 0.3 is 0 Å². The number of nitrogens with zero attached hydrogens (tertiary/aromatic N) is 1. The van der Waals surface area contributed by atoms with E-state index in [0.717, 1.165) is 18.0 Å². The average Bonchev–Trinajstić information content (AvgIpc) is 2.61. The standard InChI is InChI=1S/C10H20N2S/c1-9-4-2-3-5-12(9)6-10-7-13-8-11-10/h9-11H,2-8H2,1H3. The fourth-order valence-corrected chi connectivity index (χ4v) is 3.25. The Morgan fingerprint density at radius 3 is 3.08 bits per heavy atom. The van der Waals surface area contributed by atoms with Crippen LogP contribution in [0.4, 0.5) is 0 Å². The summed E-state index contributed by atoms with van der Waals surface area (Å²) in [6, 6.07) is 1.58. The zero-order valence-corrected chi connectivity index (χ0v) is 9.28. The van der Waals surface area contributed by atoms with Crippen LogP contribution >= 0.6 is 11.8 Å². The highest BCUT2D eigenvalue weighted by Crippen LogP contribution is 2.18. The van der Waals surface area contributed by atoms with Gasteiger partial charge in [0, 0.05) is 30.3 Å². The summed E-state index contributed by atoms with van der Waals surface area (Å²) in [5.41, 5.74) is 0. The number of piperidine rings is 1. The lowest BCUT2D eigenvalue weighted by Gasteiger charge is -2.34. The molecule has 1 N–H and O–H groups in total. The Bertz CT molecular complexity index is 157. The maximum Gasteiger partial charge on any atom is 0.0421 e. The van der Waals surface area contributed by atoms with E-state index < -0.39 is 0 Å². The summed E-state index contributed by atoms with van der Waals surface area (Å²) in [5.74, 6) is 2.47. The predicted octanol–water partition coefficient (Wildman–Crippen LogP) is 1.52. The molecule has 2 nitrogen and oxygen atoms in total. The molecule has 76 valence electrons. The molecule has 0 saturated carbocycles. The summed E-state index contributed by atoms with van der Waals surface area (Å²) in [5, 5.41) is 3.55. The lowest BCUT2D eigenvalue weighted by molar-refractivity contribution is 0.150. The minimum absolute atomic E-state index is 0.755. The molecule has 0 radical (unpaired) electrons.